The van der Waals surface area contributed by atoms with Crippen LogP contribution in [0.4, 0.5) is 5.82 Å². The zero-order valence-electron chi connectivity index (χ0n) is 21.5. The monoisotopic (exact) mass is 510 g/mol. The van der Waals surface area contributed by atoms with Crippen molar-refractivity contribution in [2.45, 2.75) is 44.4 Å². The molecule has 2 atom stereocenters. The van der Waals surface area contributed by atoms with Gasteiger partial charge in [0.15, 0.2) is 5.65 Å². The number of carbonyl (C=O) groups excluding carboxylic acids is 1. The highest BCUT2D eigenvalue weighted by atomic mass is 16.5. The van der Waals surface area contributed by atoms with Crippen molar-refractivity contribution >= 4 is 17.4 Å². The number of esters is 1. The van der Waals surface area contributed by atoms with Gasteiger partial charge in [-0.05, 0) is 30.5 Å². The molecule has 1 aromatic carbocycles. The number of hydrogen-bond donors (Lipinski definition) is 1. The lowest BCUT2D eigenvalue weighted by Gasteiger charge is -2.31. The van der Waals surface area contributed by atoms with Gasteiger partial charge in [0, 0.05) is 43.2 Å². The molecule has 1 saturated carbocycles. The maximum Gasteiger partial charge on any atom is 0.343 e. The van der Waals surface area contributed by atoms with Gasteiger partial charge in [-0.2, -0.15) is 9.61 Å². The van der Waals surface area contributed by atoms with E-state index in [9.17, 15) is 9.90 Å². The van der Waals surface area contributed by atoms with E-state index in [2.05, 4.69) is 26.7 Å². The first kappa shape index (κ1) is 24.1. The molecular weight excluding hydrogens is 480 g/mol. The van der Waals surface area contributed by atoms with Crippen molar-refractivity contribution in [3.8, 4) is 22.6 Å². The number of nitrogens with zero attached hydrogens (tertiary/aromatic N) is 6. The third-order valence-electron chi connectivity index (χ3n) is 7.44. The fraction of sp³-hybridized carbons (Fsp3) is 0.310. The minimum absolute atomic E-state index is 0.000961. The SMILES string of the molecule is COC(=O)c1cnn2c(N(C)Cc3ccccc3)cc(-c3cnc4n([C@@H]5CCCC[C@H]5O)cccc3-4)nc12. The van der Waals surface area contributed by atoms with Crippen molar-refractivity contribution in [2.24, 2.45) is 0 Å². The van der Waals surface area contributed by atoms with Crippen molar-refractivity contribution < 1.29 is 14.6 Å². The van der Waals surface area contributed by atoms with Gasteiger partial charge in [-0.25, -0.2) is 14.8 Å². The number of ether oxygens (including phenoxy) is 1. The zero-order chi connectivity index (χ0) is 26.2. The average Bonchev–Trinajstić information content (AvgIpc) is 3.57. The Balaban J connectivity index is 1.46. The van der Waals surface area contributed by atoms with E-state index in [1.165, 1.54) is 13.3 Å². The van der Waals surface area contributed by atoms with E-state index >= 15 is 0 Å². The largest absolute Gasteiger partial charge is 0.465 e. The van der Waals surface area contributed by atoms with Gasteiger partial charge < -0.3 is 19.3 Å². The zero-order valence-corrected chi connectivity index (χ0v) is 21.5. The maximum absolute atomic E-state index is 12.6. The van der Waals surface area contributed by atoms with Crippen LogP contribution in [0.3, 0.4) is 0 Å². The van der Waals surface area contributed by atoms with Crippen LogP contribution in [0.25, 0.3) is 28.3 Å². The molecule has 4 heterocycles. The Kier molecular flexibility index (Phi) is 6.29. The summed E-state index contributed by atoms with van der Waals surface area (Å²) in [4.78, 5) is 24.3. The van der Waals surface area contributed by atoms with Crippen LogP contribution in [0.5, 0.6) is 0 Å². The van der Waals surface area contributed by atoms with Gasteiger partial charge in [0.1, 0.15) is 17.2 Å². The summed E-state index contributed by atoms with van der Waals surface area (Å²) in [6.07, 6.45) is 8.79. The summed E-state index contributed by atoms with van der Waals surface area (Å²) < 4.78 is 8.78. The van der Waals surface area contributed by atoms with Crippen molar-refractivity contribution in [3.05, 3.63) is 78.2 Å². The van der Waals surface area contributed by atoms with Gasteiger partial charge in [-0.1, -0.05) is 43.2 Å². The topological polar surface area (TPSA) is 97.8 Å². The number of pyridine rings is 1. The highest BCUT2D eigenvalue weighted by molar-refractivity contribution is 5.96. The summed E-state index contributed by atoms with van der Waals surface area (Å²) in [6.45, 7) is 0.645. The first-order valence-corrected chi connectivity index (χ1v) is 12.9. The lowest BCUT2D eigenvalue weighted by molar-refractivity contribution is 0.0602. The smallest absolute Gasteiger partial charge is 0.343 e. The molecule has 0 radical (unpaired) electrons. The molecule has 0 spiro atoms. The van der Waals surface area contributed by atoms with E-state index in [0.29, 0.717) is 23.4 Å². The van der Waals surface area contributed by atoms with Crippen LogP contribution in [0.15, 0.2) is 67.1 Å². The van der Waals surface area contributed by atoms with Gasteiger partial charge in [-0.3, -0.25) is 0 Å². The molecule has 3 aromatic rings. The number of benzene rings is 1. The van der Waals surface area contributed by atoms with E-state index < -0.39 is 5.97 Å². The second-order valence-corrected chi connectivity index (χ2v) is 9.87. The van der Waals surface area contributed by atoms with E-state index in [0.717, 1.165) is 54.0 Å². The molecule has 0 amide bonds. The summed E-state index contributed by atoms with van der Waals surface area (Å²) in [7, 11) is 3.34. The molecule has 1 aliphatic carbocycles. The molecule has 2 aromatic heterocycles. The standard InChI is InChI=1S/C29H30N6O3/c1-33(18-19-9-4-3-5-10-19)26-15-23(32-28-22(29(37)38-2)17-31-35(26)28)21-16-30-27-20(21)11-8-14-34(27)24-12-6-7-13-25(24)36/h3-5,8-11,14-17,24-25,36H,6-7,12-13,18H2,1-2H3/t24-,25-/m1/s1. The second kappa shape index (κ2) is 9.90. The number of anilines is 1. The van der Waals surface area contributed by atoms with Gasteiger partial charge in [0.25, 0.3) is 0 Å². The third-order valence-corrected chi connectivity index (χ3v) is 7.44. The van der Waals surface area contributed by atoms with Crippen molar-refractivity contribution in [1.82, 2.24) is 24.1 Å². The third kappa shape index (κ3) is 4.18. The van der Waals surface area contributed by atoms with Crippen LogP contribution in [0.2, 0.25) is 0 Å². The number of aromatic nitrogens is 5. The Labute approximate surface area is 220 Å². The number of aliphatic hydroxyl groups excluding tert-OH is 1. The maximum atomic E-state index is 12.6. The number of fused-ring (bicyclic) bond motifs is 2. The minimum Gasteiger partial charge on any atom is -0.465 e. The number of methoxy groups -OCH3 is 1. The normalized spacial score (nSPS) is 17.7. The predicted octanol–water partition coefficient (Wildman–Crippen LogP) is 4.60. The molecule has 6 rings (SSSR count). The number of aliphatic hydroxyl groups is 1. The van der Waals surface area contributed by atoms with Gasteiger partial charge in [0.05, 0.1) is 31.1 Å². The molecule has 38 heavy (non-hydrogen) atoms. The molecule has 194 valence electrons. The summed E-state index contributed by atoms with van der Waals surface area (Å²) >= 11 is 0. The summed E-state index contributed by atoms with van der Waals surface area (Å²) in [5, 5.41) is 15.2. The lowest BCUT2D eigenvalue weighted by Crippen LogP contribution is -2.28. The van der Waals surface area contributed by atoms with Crippen LogP contribution in [0.1, 0.15) is 47.6 Å². The van der Waals surface area contributed by atoms with Crippen LogP contribution >= 0.6 is 0 Å². The fourth-order valence-electron chi connectivity index (χ4n) is 5.49. The van der Waals surface area contributed by atoms with E-state index in [4.69, 9.17) is 14.7 Å². The van der Waals surface area contributed by atoms with Crippen LogP contribution in [0, 0.1) is 0 Å². The minimum atomic E-state index is -0.490. The summed E-state index contributed by atoms with van der Waals surface area (Å²) in [6, 6.07) is 16.2. The molecule has 0 bridgehead atoms. The van der Waals surface area contributed by atoms with Crippen LogP contribution in [-0.4, -0.2) is 55.5 Å². The van der Waals surface area contributed by atoms with Gasteiger partial charge >= 0.3 is 5.97 Å². The highest BCUT2D eigenvalue weighted by Gasteiger charge is 2.28. The molecular formula is C29H30N6O3. The van der Waals surface area contributed by atoms with Crippen LogP contribution < -0.4 is 4.90 Å². The number of hydrogen-bond acceptors (Lipinski definition) is 7. The van der Waals surface area contributed by atoms with Crippen molar-refractivity contribution in [1.29, 1.82) is 0 Å². The van der Waals surface area contributed by atoms with E-state index in [1.54, 1.807) is 4.52 Å². The predicted molar refractivity (Wildman–Crippen MR) is 144 cm³/mol. The van der Waals surface area contributed by atoms with E-state index in [-0.39, 0.29) is 12.1 Å². The molecule has 0 saturated heterocycles. The van der Waals surface area contributed by atoms with E-state index in [1.807, 2.05) is 55.8 Å². The highest BCUT2D eigenvalue weighted by Crippen LogP contribution is 2.38. The molecule has 1 N–H and O–H groups in total. The Morgan fingerprint density at radius 1 is 1.11 bits per heavy atom. The quantitative estimate of drug-likeness (QED) is 0.334. The Bertz CT molecular complexity index is 1560. The van der Waals surface area contributed by atoms with Crippen LogP contribution in [-0.2, 0) is 11.3 Å². The molecule has 0 unspecified atom stereocenters. The molecule has 2 aliphatic heterocycles. The van der Waals surface area contributed by atoms with Crippen molar-refractivity contribution in [3.63, 3.8) is 0 Å². The first-order chi connectivity index (χ1) is 18.5. The number of rotatable bonds is 6. The van der Waals surface area contributed by atoms with Gasteiger partial charge in [0.2, 0.25) is 0 Å². The second-order valence-electron chi connectivity index (χ2n) is 9.87. The van der Waals surface area contributed by atoms with Gasteiger partial charge in [-0.15, -0.1) is 0 Å². The fourth-order valence-corrected chi connectivity index (χ4v) is 5.49. The summed E-state index contributed by atoms with van der Waals surface area (Å²) in [5.74, 6) is 1.11. The number of carbonyl (C=O) groups is 1. The van der Waals surface area contributed by atoms with Crippen molar-refractivity contribution in [2.75, 3.05) is 19.1 Å². The average molecular weight is 511 g/mol. The molecule has 1 fully saturated rings. The molecule has 3 aliphatic rings. The molecule has 9 nitrogen and oxygen atoms in total. The summed E-state index contributed by atoms with van der Waals surface area (Å²) in [5.41, 5.74) is 4.35. The first-order valence-electron chi connectivity index (χ1n) is 12.9. The molecule has 9 heteroatoms. The Morgan fingerprint density at radius 3 is 2.71 bits per heavy atom. The Hall–Kier alpha value is -4.24. The Morgan fingerprint density at radius 2 is 1.92 bits per heavy atom. The lowest BCUT2D eigenvalue weighted by atomic mass is 9.92.